The summed E-state index contributed by atoms with van der Waals surface area (Å²) in [5, 5.41) is 10.5. The molecule has 4 nitrogen and oxygen atoms in total. The van der Waals surface area contributed by atoms with Crippen LogP contribution in [0.1, 0.15) is 36.0 Å². The lowest BCUT2D eigenvalue weighted by Gasteiger charge is -2.35. The number of nitrogens with zero attached hydrogens (tertiary/aromatic N) is 3. The summed E-state index contributed by atoms with van der Waals surface area (Å²) in [6.45, 7) is 5.81. The minimum absolute atomic E-state index is 0.322. The van der Waals surface area contributed by atoms with Crippen LogP contribution < -0.4 is 4.90 Å². The molecular weight excluding hydrogens is 274 g/mol. The number of hydrogen-bond acceptors (Lipinski definition) is 4. The zero-order valence-corrected chi connectivity index (χ0v) is 13.2. The van der Waals surface area contributed by atoms with Gasteiger partial charge in [0.1, 0.15) is 11.6 Å². The van der Waals surface area contributed by atoms with E-state index < -0.39 is 0 Å². The van der Waals surface area contributed by atoms with Crippen LogP contribution >= 0.6 is 0 Å². The lowest BCUT2D eigenvalue weighted by molar-refractivity contribution is 0.0929. The predicted octanol–water partition coefficient (Wildman–Crippen LogP) is 3.04. The Kier molecular flexibility index (Phi) is 4.39. The fourth-order valence-electron chi connectivity index (χ4n) is 3.23. The van der Waals surface area contributed by atoms with Crippen molar-refractivity contribution < 1.29 is 5.11 Å². The number of benzene rings is 1. The number of aromatic nitrogens is 2. The second-order valence-electron chi connectivity index (χ2n) is 6.09. The van der Waals surface area contributed by atoms with Gasteiger partial charge in [-0.05, 0) is 38.2 Å². The maximum atomic E-state index is 10.5. The van der Waals surface area contributed by atoms with E-state index in [9.17, 15) is 5.11 Å². The Bertz CT molecular complexity index is 601. The van der Waals surface area contributed by atoms with Gasteiger partial charge in [0.05, 0.1) is 6.10 Å². The molecular formula is C18H23N3O. The van der Waals surface area contributed by atoms with Crippen LogP contribution in [-0.4, -0.2) is 28.2 Å². The Hall–Kier alpha value is -1.94. The van der Waals surface area contributed by atoms with Crippen molar-refractivity contribution in [3.8, 4) is 0 Å². The summed E-state index contributed by atoms with van der Waals surface area (Å²) < 4.78 is 0. The molecule has 0 aliphatic carbocycles. The third-order valence-corrected chi connectivity index (χ3v) is 4.40. The van der Waals surface area contributed by atoms with Gasteiger partial charge in [-0.15, -0.1) is 0 Å². The van der Waals surface area contributed by atoms with Crippen molar-refractivity contribution in [1.29, 1.82) is 0 Å². The van der Waals surface area contributed by atoms with Crippen LogP contribution in [-0.2, 0) is 0 Å². The first-order valence-electron chi connectivity index (χ1n) is 7.94. The van der Waals surface area contributed by atoms with Crippen molar-refractivity contribution in [2.75, 3.05) is 18.0 Å². The highest BCUT2D eigenvalue weighted by atomic mass is 16.3. The Labute approximate surface area is 131 Å². The third kappa shape index (κ3) is 3.28. The maximum absolute atomic E-state index is 10.5. The first kappa shape index (κ1) is 15.0. The summed E-state index contributed by atoms with van der Waals surface area (Å²) >= 11 is 0. The normalized spacial score (nSPS) is 17.5. The third-order valence-electron chi connectivity index (χ3n) is 4.40. The molecule has 1 atom stereocenters. The smallest absolute Gasteiger partial charge is 0.132 e. The average molecular weight is 297 g/mol. The van der Waals surface area contributed by atoms with Gasteiger partial charge in [-0.25, -0.2) is 9.97 Å². The van der Waals surface area contributed by atoms with Gasteiger partial charge in [0, 0.05) is 24.8 Å². The molecule has 0 spiro atoms. The largest absolute Gasteiger partial charge is 0.388 e. The number of anilines is 1. The van der Waals surface area contributed by atoms with Gasteiger partial charge in [0.25, 0.3) is 0 Å². The molecule has 3 rings (SSSR count). The van der Waals surface area contributed by atoms with Gasteiger partial charge in [0.15, 0.2) is 0 Å². The minimum Gasteiger partial charge on any atom is -0.388 e. The molecule has 22 heavy (non-hydrogen) atoms. The number of aliphatic hydroxyl groups is 1. The molecule has 2 aromatic rings. The van der Waals surface area contributed by atoms with Crippen molar-refractivity contribution >= 4 is 5.82 Å². The lowest BCUT2D eigenvalue weighted by atomic mass is 9.87. The molecule has 1 fully saturated rings. The monoisotopic (exact) mass is 297 g/mol. The first-order valence-corrected chi connectivity index (χ1v) is 7.94. The SMILES string of the molecule is Cc1cc(N2CCC([C@H](O)c3ccccc3)CC2)nc(C)n1. The van der Waals surface area contributed by atoms with Crippen molar-refractivity contribution in [2.24, 2.45) is 5.92 Å². The highest BCUT2D eigenvalue weighted by molar-refractivity contribution is 5.40. The Balaban J connectivity index is 1.65. The Morgan fingerprint density at radius 1 is 1.09 bits per heavy atom. The van der Waals surface area contributed by atoms with E-state index in [0.29, 0.717) is 5.92 Å². The second kappa shape index (κ2) is 6.44. The van der Waals surface area contributed by atoms with Crippen LogP contribution in [0.5, 0.6) is 0 Å². The van der Waals surface area contributed by atoms with Crippen LogP contribution in [0.25, 0.3) is 0 Å². The van der Waals surface area contributed by atoms with Crippen LogP contribution in [0.2, 0.25) is 0 Å². The van der Waals surface area contributed by atoms with Gasteiger partial charge in [-0.1, -0.05) is 30.3 Å². The summed E-state index contributed by atoms with van der Waals surface area (Å²) in [7, 11) is 0. The number of hydrogen-bond donors (Lipinski definition) is 1. The van der Waals surface area contributed by atoms with E-state index in [1.54, 1.807) is 0 Å². The fraction of sp³-hybridized carbons (Fsp3) is 0.444. The van der Waals surface area contributed by atoms with Crippen LogP contribution in [0, 0.1) is 19.8 Å². The molecule has 2 heterocycles. The van der Waals surface area contributed by atoms with E-state index in [1.165, 1.54) is 0 Å². The average Bonchev–Trinajstić information content (AvgIpc) is 2.54. The maximum Gasteiger partial charge on any atom is 0.132 e. The van der Waals surface area contributed by atoms with Gasteiger partial charge >= 0.3 is 0 Å². The van der Waals surface area contributed by atoms with E-state index in [1.807, 2.05) is 50.2 Å². The van der Waals surface area contributed by atoms with Crippen LogP contribution in [0.15, 0.2) is 36.4 Å². The molecule has 0 amide bonds. The molecule has 1 N–H and O–H groups in total. The highest BCUT2D eigenvalue weighted by Crippen LogP contribution is 2.31. The fourth-order valence-corrected chi connectivity index (χ4v) is 3.23. The van der Waals surface area contributed by atoms with Crippen molar-refractivity contribution in [1.82, 2.24) is 9.97 Å². The molecule has 1 aromatic carbocycles. The summed E-state index contributed by atoms with van der Waals surface area (Å²) in [5.41, 5.74) is 2.03. The van der Waals surface area contributed by atoms with Gasteiger partial charge < -0.3 is 10.0 Å². The summed E-state index contributed by atoms with van der Waals surface area (Å²) in [6, 6.07) is 12.0. The minimum atomic E-state index is -0.364. The Morgan fingerprint density at radius 2 is 1.77 bits per heavy atom. The molecule has 1 saturated heterocycles. The molecule has 116 valence electrons. The summed E-state index contributed by atoms with van der Waals surface area (Å²) in [6.07, 6.45) is 1.60. The van der Waals surface area contributed by atoms with Crippen molar-refractivity contribution in [3.05, 3.63) is 53.5 Å². The molecule has 0 bridgehead atoms. The zero-order chi connectivity index (χ0) is 15.5. The number of aliphatic hydroxyl groups excluding tert-OH is 1. The molecule has 0 unspecified atom stereocenters. The predicted molar refractivity (Wildman–Crippen MR) is 87.8 cm³/mol. The number of piperidine rings is 1. The van der Waals surface area contributed by atoms with E-state index in [0.717, 1.165) is 48.8 Å². The molecule has 0 radical (unpaired) electrons. The molecule has 1 aliphatic rings. The summed E-state index contributed by atoms with van der Waals surface area (Å²) in [5.74, 6) is 2.15. The van der Waals surface area contributed by atoms with Crippen LogP contribution in [0.3, 0.4) is 0 Å². The van der Waals surface area contributed by atoms with Gasteiger partial charge in [-0.2, -0.15) is 0 Å². The van der Waals surface area contributed by atoms with Gasteiger partial charge in [0.2, 0.25) is 0 Å². The Morgan fingerprint density at radius 3 is 2.41 bits per heavy atom. The van der Waals surface area contributed by atoms with Crippen molar-refractivity contribution in [3.63, 3.8) is 0 Å². The number of aryl methyl sites for hydroxylation is 2. The molecule has 4 heteroatoms. The van der Waals surface area contributed by atoms with Crippen molar-refractivity contribution in [2.45, 2.75) is 32.8 Å². The van der Waals surface area contributed by atoms with E-state index in [2.05, 4.69) is 14.9 Å². The van der Waals surface area contributed by atoms with Gasteiger partial charge in [-0.3, -0.25) is 0 Å². The highest BCUT2D eigenvalue weighted by Gasteiger charge is 2.26. The first-order chi connectivity index (χ1) is 10.6. The molecule has 1 aromatic heterocycles. The van der Waals surface area contributed by atoms with E-state index >= 15 is 0 Å². The second-order valence-corrected chi connectivity index (χ2v) is 6.09. The van der Waals surface area contributed by atoms with E-state index in [-0.39, 0.29) is 6.10 Å². The topological polar surface area (TPSA) is 49.2 Å². The zero-order valence-electron chi connectivity index (χ0n) is 13.2. The standard InChI is InChI=1S/C18H23N3O/c1-13-12-17(20-14(2)19-13)21-10-8-16(9-11-21)18(22)15-6-4-3-5-7-15/h3-7,12,16,18,22H,8-11H2,1-2H3/t18-/m1/s1. The quantitative estimate of drug-likeness (QED) is 0.946. The molecule has 0 saturated carbocycles. The van der Waals surface area contributed by atoms with E-state index in [4.69, 9.17) is 0 Å². The molecule has 1 aliphatic heterocycles. The lowest BCUT2D eigenvalue weighted by Crippen LogP contribution is -2.36. The van der Waals surface area contributed by atoms with Crippen LogP contribution in [0.4, 0.5) is 5.82 Å². The number of rotatable bonds is 3. The summed E-state index contributed by atoms with van der Waals surface area (Å²) in [4.78, 5) is 11.2.